The summed E-state index contributed by atoms with van der Waals surface area (Å²) in [4.78, 5) is 25.8. The maximum atomic E-state index is 12.3. The van der Waals surface area contributed by atoms with Crippen molar-refractivity contribution in [1.29, 1.82) is 0 Å². The highest BCUT2D eigenvalue weighted by Gasteiger charge is 2.27. The first-order valence-electron chi connectivity index (χ1n) is 12.8. The number of alkyl halides is 3. The van der Waals surface area contributed by atoms with Crippen molar-refractivity contribution >= 4 is 28.6 Å². The monoisotopic (exact) mass is 544 g/mol. The summed E-state index contributed by atoms with van der Waals surface area (Å²) in [6.07, 6.45) is 4.57. The van der Waals surface area contributed by atoms with Gasteiger partial charge in [-0.1, -0.05) is 11.3 Å². The number of carbonyl (C=O) groups is 1. The summed E-state index contributed by atoms with van der Waals surface area (Å²) in [5.41, 5.74) is 1.04. The predicted molar refractivity (Wildman–Crippen MR) is 136 cm³/mol. The molecule has 1 fully saturated rings. The van der Waals surface area contributed by atoms with Gasteiger partial charge in [-0.25, -0.2) is 9.97 Å². The standard InChI is InChI=1S/C25H35F3N4O2S2/c1-17-29-16-20(35-17)15-23(33)30-19-5-3-18(4-6-19)7-11-32-12-8-21-22(9-13-32)36-24(31-21)34-14-2-10-25(26,27)28/h16,18-19H,2-15H2,1H3,(H,30,33). The summed E-state index contributed by atoms with van der Waals surface area (Å²) in [5.74, 6) is 0.803. The number of hydrogen-bond donors (Lipinski definition) is 1. The Morgan fingerprint density at radius 2 is 1.97 bits per heavy atom. The minimum atomic E-state index is -4.14. The number of rotatable bonds is 10. The van der Waals surface area contributed by atoms with E-state index in [0.717, 1.165) is 73.7 Å². The van der Waals surface area contributed by atoms with Crippen LogP contribution in [-0.2, 0) is 24.1 Å². The third-order valence-electron chi connectivity index (χ3n) is 6.98. The summed E-state index contributed by atoms with van der Waals surface area (Å²) >= 11 is 3.06. The van der Waals surface area contributed by atoms with E-state index >= 15 is 0 Å². The second-order valence-electron chi connectivity index (χ2n) is 9.85. The third-order valence-corrected chi connectivity index (χ3v) is 8.96. The number of thiazole rings is 2. The van der Waals surface area contributed by atoms with E-state index in [-0.39, 0.29) is 25.0 Å². The van der Waals surface area contributed by atoms with Crippen molar-refractivity contribution in [2.45, 2.75) is 83.4 Å². The number of nitrogens with zero attached hydrogens (tertiary/aromatic N) is 3. The molecule has 0 aromatic carbocycles. The Morgan fingerprint density at radius 1 is 1.19 bits per heavy atom. The average molecular weight is 545 g/mol. The molecule has 0 bridgehead atoms. The van der Waals surface area contributed by atoms with E-state index in [1.54, 1.807) is 17.5 Å². The van der Waals surface area contributed by atoms with Gasteiger partial charge in [0, 0.05) is 47.9 Å². The SMILES string of the molecule is Cc1ncc(CC(=O)NC2CCC(CCN3CCc4nc(OCCCC(F)(F)F)sc4CC3)CC2)s1. The van der Waals surface area contributed by atoms with E-state index in [0.29, 0.717) is 17.5 Å². The molecule has 0 atom stereocenters. The zero-order valence-corrected chi connectivity index (χ0v) is 22.4. The molecule has 1 aliphatic heterocycles. The van der Waals surface area contributed by atoms with Gasteiger partial charge in [-0.2, -0.15) is 13.2 Å². The Bertz CT molecular complexity index is 961. The van der Waals surface area contributed by atoms with Crippen LogP contribution in [0.4, 0.5) is 13.2 Å². The van der Waals surface area contributed by atoms with Gasteiger partial charge < -0.3 is 15.0 Å². The lowest BCUT2D eigenvalue weighted by Gasteiger charge is -2.30. The molecule has 1 aliphatic carbocycles. The van der Waals surface area contributed by atoms with Gasteiger partial charge >= 0.3 is 6.18 Å². The van der Waals surface area contributed by atoms with Crippen molar-refractivity contribution in [3.05, 3.63) is 26.7 Å². The van der Waals surface area contributed by atoms with E-state index < -0.39 is 12.6 Å². The molecule has 4 rings (SSSR count). The highest BCUT2D eigenvalue weighted by Crippen LogP contribution is 2.30. The van der Waals surface area contributed by atoms with Crippen LogP contribution in [0, 0.1) is 12.8 Å². The van der Waals surface area contributed by atoms with Crippen molar-refractivity contribution in [2.75, 3.05) is 26.2 Å². The fourth-order valence-corrected chi connectivity index (χ4v) is 6.75. The average Bonchev–Trinajstić information content (AvgIpc) is 3.36. The van der Waals surface area contributed by atoms with Crippen LogP contribution in [0.5, 0.6) is 5.19 Å². The normalized spacial score (nSPS) is 21.1. The molecular formula is C25H35F3N4O2S2. The second-order valence-corrected chi connectivity index (χ2v) is 12.2. The Balaban J connectivity index is 1.11. The van der Waals surface area contributed by atoms with Crippen molar-refractivity contribution in [1.82, 2.24) is 20.2 Å². The first-order chi connectivity index (χ1) is 17.2. The van der Waals surface area contributed by atoms with Gasteiger partial charge in [0.25, 0.3) is 5.19 Å². The van der Waals surface area contributed by atoms with Gasteiger partial charge in [0.2, 0.25) is 5.91 Å². The second kappa shape index (κ2) is 12.7. The molecular weight excluding hydrogens is 509 g/mol. The Morgan fingerprint density at radius 3 is 2.69 bits per heavy atom. The number of aryl methyl sites for hydroxylation is 1. The largest absolute Gasteiger partial charge is 0.470 e. The predicted octanol–water partition coefficient (Wildman–Crippen LogP) is 5.34. The maximum Gasteiger partial charge on any atom is 0.389 e. The topological polar surface area (TPSA) is 67.4 Å². The van der Waals surface area contributed by atoms with Crippen molar-refractivity contribution in [3.8, 4) is 5.19 Å². The molecule has 2 aliphatic rings. The summed E-state index contributed by atoms with van der Waals surface area (Å²) < 4.78 is 42.3. The molecule has 1 saturated carbocycles. The fraction of sp³-hybridized carbons (Fsp3) is 0.720. The van der Waals surface area contributed by atoms with Crippen molar-refractivity contribution in [2.24, 2.45) is 5.92 Å². The highest BCUT2D eigenvalue weighted by atomic mass is 32.1. The van der Waals surface area contributed by atoms with Crippen molar-refractivity contribution < 1.29 is 22.7 Å². The molecule has 2 aromatic heterocycles. The first kappa shape index (κ1) is 27.3. The Hall–Kier alpha value is -1.72. The number of aromatic nitrogens is 2. The number of amides is 1. The molecule has 1 amide bonds. The smallest absolute Gasteiger partial charge is 0.389 e. The molecule has 200 valence electrons. The zero-order valence-electron chi connectivity index (χ0n) is 20.7. The van der Waals surface area contributed by atoms with E-state index in [2.05, 4.69) is 20.2 Å². The first-order valence-corrected chi connectivity index (χ1v) is 14.5. The Kier molecular flexibility index (Phi) is 9.63. The number of carbonyl (C=O) groups excluding carboxylic acids is 1. The molecule has 0 saturated heterocycles. The maximum absolute atomic E-state index is 12.3. The molecule has 1 N–H and O–H groups in total. The van der Waals surface area contributed by atoms with E-state index in [9.17, 15) is 18.0 Å². The zero-order chi connectivity index (χ0) is 25.5. The van der Waals surface area contributed by atoms with Crippen LogP contribution in [0.1, 0.15) is 65.4 Å². The van der Waals surface area contributed by atoms with Gasteiger partial charge in [-0.05, 0) is 64.3 Å². The molecule has 11 heteroatoms. The summed E-state index contributed by atoms with van der Waals surface area (Å²) in [6.45, 7) is 5.01. The van der Waals surface area contributed by atoms with Crippen molar-refractivity contribution in [3.63, 3.8) is 0 Å². The van der Waals surface area contributed by atoms with E-state index in [4.69, 9.17) is 4.74 Å². The molecule has 6 nitrogen and oxygen atoms in total. The number of ether oxygens (including phenoxy) is 1. The van der Waals surface area contributed by atoms with Crippen LogP contribution in [-0.4, -0.2) is 59.2 Å². The van der Waals surface area contributed by atoms with Crippen LogP contribution < -0.4 is 10.1 Å². The van der Waals surface area contributed by atoms with Gasteiger partial charge in [-0.3, -0.25) is 4.79 Å². The van der Waals surface area contributed by atoms with Gasteiger partial charge in [0.15, 0.2) is 0 Å². The van der Waals surface area contributed by atoms with E-state index in [1.165, 1.54) is 22.6 Å². The molecule has 0 spiro atoms. The molecule has 0 unspecified atom stereocenters. The van der Waals surface area contributed by atoms with Crippen LogP contribution in [0.25, 0.3) is 0 Å². The fourth-order valence-electron chi connectivity index (χ4n) is 4.99. The summed E-state index contributed by atoms with van der Waals surface area (Å²) in [6, 6.07) is 0.285. The lowest BCUT2D eigenvalue weighted by Crippen LogP contribution is -2.38. The lowest BCUT2D eigenvalue weighted by atomic mass is 9.84. The molecule has 0 radical (unpaired) electrons. The quantitative estimate of drug-likeness (QED) is 0.409. The van der Waals surface area contributed by atoms with Crippen LogP contribution >= 0.6 is 22.7 Å². The lowest BCUT2D eigenvalue weighted by molar-refractivity contribution is -0.136. The third kappa shape index (κ3) is 8.69. The van der Waals surface area contributed by atoms with Gasteiger partial charge in [0.1, 0.15) is 0 Å². The molecule has 2 aromatic rings. The van der Waals surface area contributed by atoms with Crippen LogP contribution in [0.3, 0.4) is 0 Å². The van der Waals surface area contributed by atoms with Crippen LogP contribution in [0.2, 0.25) is 0 Å². The number of nitrogens with one attached hydrogen (secondary N) is 1. The summed E-state index contributed by atoms with van der Waals surface area (Å²) in [5, 5.41) is 4.70. The van der Waals surface area contributed by atoms with Gasteiger partial charge in [-0.15, -0.1) is 11.3 Å². The minimum Gasteiger partial charge on any atom is -0.470 e. The minimum absolute atomic E-state index is 0.0393. The number of fused-ring (bicyclic) bond motifs is 1. The Labute approximate surface area is 218 Å². The summed E-state index contributed by atoms with van der Waals surface area (Å²) in [7, 11) is 0. The molecule has 3 heterocycles. The van der Waals surface area contributed by atoms with Crippen LogP contribution in [0.15, 0.2) is 6.20 Å². The molecule has 36 heavy (non-hydrogen) atoms. The highest BCUT2D eigenvalue weighted by molar-refractivity contribution is 7.13. The van der Waals surface area contributed by atoms with Gasteiger partial charge in [0.05, 0.1) is 23.7 Å². The van der Waals surface area contributed by atoms with E-state index in [1.807, 2.05) is 6.92 Å². The number of halogens is 3. The number of hydrogen-bond acceptors (Lipinski definition) is 7.